The first-order valence-corrected chi connectivity index (χ1v) is 5.82. The maximum absolute atomic E-state index is 11.0. The molecule has 4 nitrogen and oxygen atoms in total. The number of carbonyl (C=O) groups excluding carboxylic acids is 1. The number of hydrogen-bond donors (Lipinski definition) is 2. The van der Waals surface area contributed by atoms with Crippen molar-refractivity contribution in [1.29, 1.82) is 0 Å². The van der Waals surface area contributed by atoms with Crippen molar-refractivity contribution in [3.05, 3.63) is 24.9 Å². The van der Waals surface area contributed by atoms with E-state index in [0.29, 0.717) is 6.54 Å². The molecule has 0 aliphatic carbocycles. The molecule has 0 aromatic rings. The van der Waals surface area contributed by atoms with E-state index in [1.807, 2.05) is 26.8 Å². The first-order chi connectivity index (χ1) is 7.87. The molecule has 0 unspecified atom stereocenters. The van der Waals surface area contributed by atoms with Gasteiger partial charge in [0.15, 0.2) is 0 Å². The third kappa shape index (κ3) is 20.7. The van der Waals surface area contributed by atoms with Crippen LogP contribution >= 0.6 is 0 Å². The van der Waals surface area contributed by atoms with E-state index in [2.05, 4.69) is 18.8 Å². The third-order valence-electron chi connectivity index (χ3n) is 1.34. The van der Waals surface area contributed by atoms with Crippen molar-refractivity contribution in [3.63, 3.8) is 0 Å². The highest BCUT2D eigenvalue weighted by Crippen LogP contribution is 2.06. The van der Waals surface area contributed by atoms with Gasteiger partial charge >= 0.3 is 6.09 Å². The lowest BCUT2D eigenvalue weighted by molar-refractivity contribution is 0.0552. The minimum Gasteiger partial charge on any atom is -0.444 e. The number of allylic oxidation sites excluding steroid dienone is 1. The molecule has 0 saturated heterocycles. The van der Waals surface area contributed by atoms with Crippen LogP contribution in [0.2, 0.25) is 0 Å². The summed E-state index contributed by atoms with van der Waals surface area (Å²) in [6.45, 7) is 11.6. The predicted octanol–water partition coefficient (Wildman–Crippen LogP) is 2.96. The monoisotopic (exact) mass is 242 g/mol. The minimum atomic E-state index is -0.453. The summed E-state index contributed by atoms with van der Waals surface area (Å²) < 4.78 is 4.99. The lowest BCUT2D eigenvalue weighted by Gasteiger charge is -2.18. The lowest BCUT2D eigenvalue weighted by Crippen LogP contribution is -2.29. The van der Waals surface area contributed by atoms with Gasteiger partial charge in [0, 0.05) is 6.20 Å². The highest BCUT2D eigenvalue weighted by atomic mass is 16.6. The molecule has 100 valence electrons. The zero-order valence-electron chi connectivity index (χ0n) is 11.5. The molecule has 0 atom stereocenters. The molecule has 0 saturated carbocycles. The summed E-state index contributed by atoms with van der Waals surface area (Å²) in [7, 11) is 0. The molecule has 0 rings (SSSR count). The van der Waals surface area contributed by atoms with Gasteiger partial charge in [0.05, 0.1) is 0 Å². The van der Waals surface area contributed by atoms with E-state index in [0.717, 1.165) is 12.8 Å². The Morgan fingerprint density at radius 1 is 1.47 bits per heavy atom. The molecule has 0 aromatic carbocycles. The Morgan fingerprint density at radius 3 is 2.35 bits per heavy atom. The Morgan fingerprint density at radius 2 is 2.00 bits per heavy atom. The number of hydrogen-bond acceptors (Lipinski definition) is 3. The van der Waals surface area contributed by atoms with Gasteiger partial charge in [-0.3, -0.25) is 5.32 Å². The second kappa shape index (κ2) is 11.2. The normalized spacial score (nSPS) is 10.4. The lowest BCUT2D eigenvalue weighted by atomic mass is 10.2. The fraction of sp³-hybridized carbons (Fsp3) is 0.615. The maximum atomic E-state index is 11.0. The Hall–Kier alpha value is -1.29. The van der Waals surface area contributed by atoms with Gasteiger partial charge in [-0.05, 0) is 40.2 Å². The van der Waals surface area contributed by atoms with Gasteiger partial charge < -0.3 is 10.5 Å². The summed E-state index contributed by atoms with van der Waals surface area (Å²) in [6, 6.07) is 0. The van der Waals surface area contributed by atoms with Crippen LogP contribution in [0.5, 0.6) is 0 Å². The summed E-state index contributed by atoms with van der Waals surface area (Å²) in [5.41, 5.74) is 4.80. The summed E-state index contributed by atoms with van der Waals surface area (Å²) in [4.78, 5) is 11.0. The van der Waals surface area contributed by atoms with E-state index < -0.39 is 11.7 Å². The first kappa shape index (κ1) is 18.1. The molecule has 1 amide bonds. The Balaban J connectivity index is 0. The van der Waals surface area contributed by atoms with Crippen molar-refractivity contribution in [1.82, 2.24) is 5.32 Å². The number of carbonyl (C=O) groups is 1. The summed E-state index contributed by atoms with van der Waals surface area (Å²) in [5.74, 6) is 0. The topological polar surface area (TPSA) is 64.3 Å². The van der Waals surface area contributed by atoms with Crippen molar-refractivity contribution >= 4 is 6.09 Å². The average molecular weight is 242 g/mol. The Labute approximate surface area is 105 Å². The molecule has 0 bridgehead atoms. The number of amides is 1. The summed E-state index contributed by atoms with van der Waals surface area (Å²) in [5, 5.41) is 2.48. The molecule has 0 fully saturated rings. The van der Waals surface area contributed by atoms with Gasteiger partial charge in [-0.25, -0.2) is 4.79 Å². The largest absolute Gasteiger partial charge is 0.444 e. The molecule has 0 radical (unpaired) electrons. The maximum Gasteiger partial charge on any atom is 0.411 e. The number of alkyl carbamates (subject to hydrolysis) is 1. The van der Waals surface area contributed by atoms with Crippen molar-refractivity contribution in [2.24, 2.45) is 5.73 Å². The molecule has 0 spiro atoms. The molecule has 4 heteroatoms. The van der Waals surface area contributed by atoms with Crippen LogP contribution in [0.4, 0.5) is 4.79 Å². The smallest absolute Gasteiger partial charge is 0.411 e. The number of nitrogens with one attached hydrogen (secondary N) is 1. The van der Waals surface area contributed by atoms with Gasteiger partial charge in [0.25, 0.3) is 0 Å². The molecule has 17 heavy (non-hydrogen) atoms. The molecule has 0 aromatic heterocycles. The van der Waals surface area contributed by atoms with Gasteiger partial charge in [-0.1, -0.05) is 19.1 Å². The van der Waals surface area contributed by atoms with Crippen LogP contribution < -0.4 is 11.1 Å². The number of nitrogens with two attached hydrogens (primary N) is 1. The van der Waals surface area contributed by atoms with E-state index in [1.165, 1.54) is 0 Å². The Bertz CT molecular complexity index is 230. The molecule has 0 aliphatic heterocycles. The van der Waals surface area contributed by atoms with E-state index in [4.69, 9.17) is 10.5 Å². The number of ether oxygens (including phenoxy) is 1. The van der Waals surface area contributed by atoms with Crippen LogP contribution in [-0.4, -0.2) is 18.2 Å². The first-order valence-electron chi connectivity index (χ1n) is 5.82. The highest BCUT2D eigenvalue weighted by molar-refractivity contribution is 5.68. The second-order valence-corrected chi connectivity index (χ2v) is 4.32. The fourth-order valence-electron chi connectivity index (χ4n) is 0.614. The predicted molar refractivity (Wildman–Crippen MR) is 72.7 cm³/mol. The van der Waals surface area contributed by atoms with E-state index >= 15 is 0 Å². The van der Waals surface area contributed by atoms with E-state index in [1.54, 1.807) is 12.3 Å². The summed E-state index contributed by atoms with van der Waals surface area (Å²) >= 11 is 0. The van der Waals surface area contributed by atoms with Crippen molar-refractivity contribution in [2.45, 2.75) is 46.1 Å². The SMILES string of the molecule is C=CCC.CC(C)(C)OC(=O)NC=CCCN. The molecular formula is C13H26N2O2. The molecular weight excluding hydrogens is 216 g/mol. The van der Waals surface area contributed by atoms with Gasteiger partial charge in [0.1, 0.15) is 5.60 Å². The van der Waals surface area contributed by atoms with Gasteiger partial charge in [-0.2, -0.15) is 0 Å². The molecule has 0 aliphatic rings. The van der Waals surface area contributed by atoms with Crippen molar-refractivity contribution < 1.29 is 9.53 Å². The van der Waals surface area contributed by atoms with Crippen LogP contribution in [0.3, 0.4) is 0 Å². The van der Waals surface area contributed by atoms with Gasteiger partial charge in [0.2, 0.25) is 0 Å². The van der Waals surface area contributed by atoms with Crippen LogP contribution in [0, 0.1) is 0 Å². The Kier molecular flexibility index (Phi) is 11.9. The molecule has 3 N–H and O–H groups in total. The highest BCUT2D eigenvalue weighted by Gasteiger charge is 2.14. The van der Waals surface area contributed by atoms with Gasteiger partial charge in [-0.15, -0.1) is 6.58 Å². The number of rotatable bonds is 4. The van der Waals surface area contributed by atoms with Crippen LogP contribution in [0.1, 0.15) is 40.5 Å². The molecule has 0 heterocycles. The fourth-order valence-corrected chi connectivity index (χ4v) is 0.614. The van der Waals surface area contributed by atoms with E-state index in [9.17, 15) is 4.79 Å². The quantitative estimate of drug-likeness (QED) is 0.745. The van der Waals surface area contributed by atoms with Crippen molar-refractivity contribution in [3.8, 4) is 0 Å². The van der Waals surface area contributed by atoms with Crippen molar-refractivity contribution in [2.75, 3.05) is 6.54 Å². The second-order valence-electron chi connectivity index (χ2n) is 4.32. The zero-order chi connectivity index (χ0) is 13.7. The minimum absolute atomic E-state index is 0.444. The average Bonchev–Trinajstić information content (AvgIpc) is 2.22. The zero-order valence-corrected chi connectivity index (χ0v) is 11.5. The van der Waals surface area contributed by atoms with Crippen LogP contribution in [0.25, 0.3) is 0 Å². The van der Waals surface area contributed by atoms with E-state index in [-0.39, 0.29) is 0 Å². The van der Waals surface area contributed by atoms with Crippen LogP contribution in [-0.2, 0) is 4.74 Å². The third-order valence-corrected chi connectivity index (χ3v) is 1.34. The standard InChI is InChI=1S/C9H18N2O2.C4H8/c1-9(2,3)13-8(12)11-7-5-4-6-10;1-3-4-2/h5,7H,4,6,10H2,1-3H3,(H,11,12);3H,1,4H2,2H3. The summed E-state index contributed by atoms with van der Waals surface area (Å²) in [6.07, 6.45) is 6.58. The van der Waals surface area contributed by atoms with Crippen LogP contribution in [0.15, 0.2) is 24.9 Å².